The van der Waals surface area contributed by atoms with Gasteiger partial charge in [-0.1, -0.05) is 0 Å². The Balaban J connectivity index is 1.82. The molecular weight excluding hydrogens is 320 g/mol. The van der Waals surface area contributed by atoms with Gasteiger partial charge in [-0.25, -0.2) is 19.5 Å². The van der Waals surface area contributed by atoms with Gasteiger partial charge in [0.15, 0.2) is 5.65 Å². The molecule has 0 radical (unpaired) electrons. The first-order valence-electron chi connectivity index (χ1n) is 7.79. The lowest BCUT2D eigenvalue weighted by Crippen LogP contribution is -2.02. The Morgan fingerprint density at radius 1 is 1.12 bits per heavy atom. The number of aryl methyl sites for hydroxylation is 4. The first-order valence-corrected chi connectivity index (χ1v) is 8.61. The quantitative estimate of drug-likeness (QED) is 0.575. The normalized spacial score (nSPS) is 11.5. The molecule has 0 saturated carbocycles. The minimum atomic E-state index is 0.759. The van der Waals surface area contributed by atoms with Gasteiger partial charge < -0.3 is 4.57 Å². The molecule has 7 heteroatoms. The van der Waals surface area contributed by atoms with Gasteiger partial charge in [-0.3, -0.25) is 0 Å². The summed E-state index contributed by atoms with van der Waals surface area (Å²) < 4.78 is 4.00. The molecule has 0 bridgehead atoms. The predicted molar refractivity (Wildman–Crippen MR) is 94.4 cm³/mol. The number of fused-ring (bicyclic) bond motifs is 1. The molecule has 4 rings (SSSR count). The number of aromatic nitrogens is 6. The fourth-order valence-corrected chi connectivity index (χ4v) is 3.92. The van der Waals surface area contributed by atoms with Gasteiger partial charge in [0.25, 0.3) is 0 Å². The molecule has 0 atom stereocenters. The zero-order valence-electron chi connectivity index (χ0n) is 14.1. The molecule has 6 nitrogen and oxygen atoms in total. The second-order valence-corrected chi connectivity index (χ2v) is 7.24. The largest absolute Gasteiger partial charge is 0.326 e. The van der Waals surface area contributed by atoms with E-state index in [2.05, 4.69) is 31.5 Å². The summed E-state index contributed by atoms with van der Waals surface area (Å²) in [6, 6.07) is 2.03. The molecule has 122 valence electrons. The Kier molecular flexibility index (Phi) is 3.45. The molecular formula is C17H18N6S. The second-order valence-electron chi connectivity index (χ2n) is 5.95. The van der Waals surface area contributed by atoms with Crippen LogP contribution in [-0.4, -0.2) is 29.1 Å². The number of nitrogens with zero attached hydrogens (tertiary/aromatic N) is 6. The molecule has 0 saturated heterocycles. The van der Waals surface area contributed by atoms with E-state index < -0.39 is 0 Å². The van der Waals surface area contributed by atoms with E-state index in [9.17, 15) is 0 Å². The highest BCUT2D eigenvalue weighted by Gasteiger charge is 2.16. The Labute approximate surface area is 143 Å². The van der Waals surface area contributed by atoms with Crippen molar-refractivity contribution in [3.05, 3.63) is 51.6 Å². The molecule has 24 heavy (non-hydrogen) atoms. The standard InChI is InChI=1S/C17H18N6S/c1-10-7-11(2)23-17(20-10)14(8-19-23)16-18-5-6-22(16)9-15-12(3)21-13(4)24-15/h5-8H,9H2,1-4H3. The topological polar surface area (TPSA) is 60.9 Å². The lowest BCUT2D eigenvalue weighted by atomic mass is 10.3. The van der Waals surface area contributed by atoms with Crippen molar-refractivity contribution in [3.8, 4) is 11.4 Å². The Hall–Kier alpha value is -2.54. The molecule has 0 aliphatic rings. The molecule has 4 heterocycles. The minimum absolute atomic E-state index is 0.759. The number of hydrogen-bond acceptors (Lipinski definition) is 5. The minimum Gasteiger partial charge on any atom is -0.326 e. The first-order chi connectivity index (χ1) is 11.5. The molecule has 0 unspecified atom stereocenters. The van der Waals surface area contributed by atoms with E-state index in [0.717, 1.165) is 45.7 Å². The molecule has 0 N–H and O–H groups in total. The van der Waals surface area contributed by atoms with Crippen molar-refractivity contribution in [1.82, 2.24) is 29.1 Å². The van der Waals surface area contributed by atoms with Crippen LogP contribution >= 0.6 is 11.3 Å². The van der Waals surface area contributed by atoms with Gasteiger partial charge in [-0.05, 0) is 33.8 Å². The fraction of sp³-hybridized carbons (Fsp3) is 0.294. The van der Waals surface area contributed by atoms with Crippen molar-refractivity contribution in [2.75, 3.05) is 0 Å². The first kappa shape index (κ1) is 15.0. The predicted octanol–water partition coefficient (Wildman–Crippen LogP) is 3.33. The SMILES string of the molecule is Cc1cc(C)n2ncc(-c3nccn3Cc3sc(C)nc3C)c2n1. The maximum absolute atomic E-state index is 4.66. The highest BCUT2D eigenvalue weighted by atomic mass is 32.1. The molecule has 0 fully saturated rings. The van der Waals surface area contributed by atoms with Crippen LogP contribution in [0.5, 0.6) is 0 Å². The maximum atomic E-state index is 4.66. The van der Waals surface area contributed by atoms with Gasteiger partial charge in [0.05, 0.1) is 29.0 Å². The number of rotatable bonds is 3. The van der Waals surface area contributed by atoms with Crippen molar-refractivity contribution in [2.45, 2.75) is 34.2 Å². The molecule has 4 aromatic rings. The molecule has 0 aliphatic heterocycles. The zero-order chi connectivity index (χ0) is 16.8. The number of thiazole rings is 1. The molecule has 0 aliphatic carbocycles. The van der Waals surface area contributed by atoms with Crippen LogP contribution in [0.25, 0.3) is 17.0 Å². The summed E-state index contributed by atoms with van der Waals surface area (Å²) in [6.45, 7) is 8.89. The Morgan fingerprint density at radius 2 is 1.96 bits per heavy atom. The fourth-order valence-electron chi connectivity index (χ4n) is 2.98. The van der Waals surface area contributed by atoms with Crippen molar-refractivity contribution in [3.63, 3.8) is 0 Å². The molecule has 0 amide bonds. The average molecular weight is 338 g/mol. The van der Waals surface area contributed by atoms with Crippen molar-refractivity contribution in [1.29, 1.82) is 0 Å². The van der Waals surface area contributed by atoms with E-state index in [0.29, 0.717) is 0 Å². The summed E-state index contributed by atoms with van der Waals surface area (Å²) in [5.74, 6) is 0.882. The van der Waals surface area contributed by atoms with Crippen molar-refractivity contribution >= 4 is 17.0 Å². The number of hydrogen-bond donors (Lipinski definition) is 0. The van der Waals surface area contributed by atoms with E-state index in [1.54, 1.807) is 11.3 Å². The van der Waals surface area contributed by atoms with Gasteiger partial charge in [0, 0.05) is 28.7 Å². The lowest BCUT2D eigenvalue weighted by molar-refractivity contribution is 0.812. The number of imidazole rings is 1. The highest BCUT2D eigenvalue weighted by Crippen LogP contribution is 2.25. The molecule has 0 aromatic carbocycles. The van der Waals surface area contributed by atoms with Crippen LogP contribution in [0, 0.1) is 27.7 Å². The Morgan fingerprint density at radius 3 is 2.71 bits per heavy atom. The summed E-state index contributed by atoms with van der Waals surface area (Å²) in [5.41, 5.74) is 4.93. The summed E-state index contributed by atoms with van der Waals surface area (Å²) in [4.78, 5) is 15.0. The zero-order valence-corrected chi connectivity index (χ0v) is 14.9. The lowest BCUT2D eigenvalue weighted by Gasteiger charge is -2.06. The van der Waals surface area contributed by atoms with Crippen molar-refractivity contribution < 1.29 is 0 Å². The van der Waals surface area contributed by atoms with Gasteiger partial charge >= 0.3 is 0 Å². The van der Waals surface area contributed by atoms with E-state index >= 15 is 0 Å². The highest BCUT2D eigenvalue weighted by molar-refractivity contribution is 7.11. The summed E-state index contributed by atoms with van der Waals surface area (Å²) in [7, 11) is 0. The third-order valence-electron chi connectivity index (χ3n) is 4.05. The third-order valence-corrected chi connectivity index (χ3v) is 5.11. The smallest absolute Gasteiger partial charge is 0.166 e. The summed E-state index contributed by atoms with van der Waals surface area (Å²) in [6.07, 6.45) is 5.67. The molecule has 0 spiro atoms. The summed E-state index contributed by atoms with van der Waals surface area (Å²) >= 11 is 1.73. The van der Waals surface area contributed by atoms with Gasteiger partial charge in [0.1, 0.15) is 5.82 Å². The molecule has 4 aromatic heterocycles. The maximum Gasteiger partial charge on any atom is 0.166 e. The van der Waals surface area contributed by atoms with Gasteiger partial charge in [0.2, 0.25) is 0 Å². The van der Waals surface area contributed by atoms with Crippen LogP contribution in [0.3, 0.4) is 0 Å². The van der Waals surface area contributed by atoms with Crippen molar-refractivity contribution in [2.24, 2.45) is 0 Å². The average Bonchev–Trinajstić information content (AvgIpc) is 3.19. The monoisotopic (exact) mass is 338 g/mol. The van der Waals surface area contributed by atoms with E-state index in [1.807, 2.05) is 49.9 Å². The second kappa shape index (κ2) is 5.52. The van der Waals surface area contributed by atoms with Gasteiger partial charge in [-0.2, -0.15) is 5.10 Å². The van der Waals surface area contributed by atoms with Crippen LogP contribution in [0.15, 0.2) is 24.7 Å². The third kappa shape index (κ3) is 2.41. The van der Waals surface area contributed by atoms with Crippen LogP contribution < -0.4 is 0 Å². The van der Waals surface area contributed by atoms with Gasteiger partial charge in [-0.15, -0.1) is 11.3 Å². The van der Waals surface area contributed by atoms with Crippen LogP contribution in [-0.2, 0) is 6.54 Å². The van der Waals surface area contributed by atoms with Crippen LogP contribution in [0.1, 0.15) is 27.0 Å². The van der Waals surface area contributed by atoms with E-state index in [4.69, 9.17) is 0 Å². The Bertz CT molecular complexity index is 1040. The summed E-state index contributed by atoms with van der Waals surface area (Å²) in [5, 5.41) is 5.57. The van der Waals surface area contributed by atoms with E-state index in [-0.39, 0.29) is 0 Å². The van der Waals surface area contributed by atoms with E-state index in [1.165, 1.54) is 4.88 Å². The van der Waals surface area contributed by atoms with Crippen LogP contribution in [0.2, 0.25) is 0 Å². The van der Waals surface area contributed by atoms with Crippen LogP contribution in [0.4, 0.5) is 0 Å².